The molecule has 0 amide bonds. The smallest absolute Gasteiger partial charge is 0.306 e. The molecule has 0 radical (unpaired) electrons. The van der Waals surface area contributed by atoms with Crippen LogP contribution >= 0.6 is 0 Å². The molecule has 1 atom stereocenters. The molecular weight excluding hydrogens is 1010 g/mol. The maximum atomic E-state index is 13.0. The van der Waals surface area contributed by atoms with Crippen molar-refractivity contribution in [2.75, 3.05) is 13.2 Å². The molecule has 0 spiro atoms. The molecule has 0 aliphatic carbocycles. The highest BCUT2D eigenvalue weighted by molar-refractivity contribution is 5.71. The Bertz CT molecular complexity index is 1370. The second-order valence-electron chi connectivity index (χ2n) is 25.2. The molecule has 0 saturated heterocycles. The third kappa shape index (κ3) is 68.4. The van der Waals surface area contributed by atoms with Crippen molar-refractivity contribution in [3.05, 3.63) is 36.5 Å². The molecule has 0 fully saturated rings. The van der Waals surface area contributed by atoms with Crippen LogP contribution in [0.15, 0.2) is 36.5 Å². The van der Waals surface area contributed by atoms with E-state index in [9.17, 15) is 14.4 Å². The molecule has 0 aliphatic heterocycles. The summed E-state index contributed by atoms with van der Waals surface area (Å²) in [4.78, 5) is 38.5. The molecule has 6 nitrogen and oxygen atoms in total. The van der Waals surface area contributed by atoms with Gasteiger partial charge in [0.2, 0.25) is 0 Å². The van der Waals surface area contributed by atoms with Crippen molar-refractivity contribution in [3.63, 3.8) is 0 Å². The number of allylic oxidation sites excluding steroid dienone is 6. The minimum atomic E-state index is -0.768. The van der Waals surface area contributed by atoms with Gasteiger partial charge in [-0.2, -0.15) is 0 Å². The fourth-order valence-electron chi connectivity index (χ4n) is 11.3. The predicted molar refractivity (Wildman–Crippen MR) is 358 cm³/mol. The predicted octanol–water partition coefficient (Wildman–Crippen LogP) is 25.5. The van der Waals surface area contributed by atoms with Gasteiger partial charge in [-0.1, -0.05) is 372 Å². The van der Waals surface area contributed by atoms with Crippen molar-refractivity contribution in [2.24, 2.45) is 0 Å². The van der Waals surface area contributed by atoms with Gasteiger partial charge < -0.3 is 14.2 Å². The molecular formula is C76H142O6. The molecule has 482 valence electrons. The summed E-state index contributed by atoms with van der Waals surface area (Å²) in [7, 11) is 0. The van der Waals surface area contributed by atoms with Gasteiger partial charge in [0.25, 0.3) is 0 Å². The zero-order chi connectivity index (χ0) is 59.2. The number of esters is 3. The van der Waals surface area contributed by atoms with Gasteiger partial charge in [0, 0.05) is 19.3 Å². The third-order valence-electron chi connectivity index (χ3n) is 16.9. The monoisotopic (exact) mass is 1150 g/mol. The van der Waals surface area contributed by atoms with Crippen molar-refractivity contribution in [3.8, 4) is 0 Å². The molecule has 0 aromatic carbocycles. The summed E-state index contributed by atoms with van der Waals surface area (Å²) in [5, 5.41) is 0. The Morgan fingerprint density at radius 3 is 0.683 bits per heavy atom. The van der Waals surface area contributed by atoms with Crippen LogP contribution in [0.5, 0.6) is 0 Å². The Morgan fingerprint density at radius 2 is 0.439 bits per heavy atom. The molecule has 0 rings (SSSR count). The minimum Gasteiger partial charge on any atom is -0.462 e. The lowest BCUT2D eigenvalue weighted by molar-refractivity contribution is -0.167. The Labute approximate surface area is 512 Å². The number of rotatable bonds is 69. The number of carbonyl (C=O) groups is 3. The molecule has 0 saturated carbocycles. The van der Waals surface area contributed by atoms with Crippen LogP contribution in [0.2, 0.25) is 0 Å². The van der Waals surface area contributed by atoms with Gasteiger partial charge in [-0.05, 0) is 57.8 Å². The van der Waals surface area contributed by atoms with E-state index in [1.807, 2.05) is 0 Å². The highest BCUT2D eigenvalue weighted by Crippen LogP contribution is 2.19. The summed E-state index contributed by atoms with van der Waals surface area (Å²) in [6.07, 6.45) is 89.0. The van der Waals surface area contributed by atoms with E-state index in [0.717, 1.165) is 70.6 Å². The van der Waals surface area contributed by atoms with Gasteiger partial charge in [0.05, 0.1) is 0 Å². The maximum Gasteiger partial charge on any atom is 0.306 e. The van der Waals surface area contributed by atoms with Crippen LogP contribution in [0.1, 0.15) is 412 Å². The molecule has 0 aromatic heterocycles. The average Bonchev–Trinajstić information content (AvgIpc) is 3.47. The van der Waals surface area contributed by atoms with Crippen LogP contribution in [-0.4, -0.2) is 37.2 Å². The van der Waals surface area contributed by atoms with Crippen molar-refractivity contribution in [1.29, 1.82) is 0 Å². The average molecular weight is 1150 g/mol. The molecule has 1 unspecified atom stereocenters. The number of hydrogen-bond acceptors (Lipinski definition) is 6. The van der Waals surface area contributed by atoms with Gasteiger partial charge in [0.15, 0.2) is 6.10 Å². The first kappa shape index (κ1) is 79.6. The summed E-state index contributed by atoms with van der Waals surface area (Å²) >= 11 is 0. The van der Waals surface area contributed by atoms with Crippen molar-refractivity contribution >= 4 is 17.9 Å². The van der Waals surface area contributed by atoms with E-state index in [4.69, 9.17) is 14.2 Å². The second kappa shape index (κ2) is 71.1. The topological polar surface area (TPSA) is 78.9 Å². The Balaban J connectivity index is 4.17. The molecule has 0 heterocycles. The first-order valence-electron chi connectivity index (χ1n) is 37.0. The Morgan fingerprint density at radius 1 is 0.244 bits per heavy atom. The van der Waals surface area contributed by atoms with E-state index in [1.54, 1.807) is 0 Å². The number of carbonyl (C=O) groups excluding carboxylic acids is 3. The standard InChI is InChI=1S/C76H142O6/c1-4-7-10-13-16-19-22-25-28-30-32-33-34-35-36-37-38-39-40-41-42-43-45-46-48-51-54-57-60-63-66-69-75(78)81-72-73(71-80-74(77)68-65-62-59-56-53-50-27-24-21-18-15-12-9-6-3)82-76(79)70-67-64-61-58-55-52-49-47-44-31-29-26-23-20-17-14-11-8-5-2/h22,25,30,32,34-35,73H,4-21,23-24,26-29,31,33,36-72H2,1-3H3/b25-22-,32-30-,35-34-. The summed E-state index contributed by atoms with van der Waals surface area (Å²) in [5.74, 6) is -0.830. The maximum absolute atomic E-state index is 13.0. The normalized spacial score (nSPS) is 12.2. The highest BCUT2D eigenvalue weighted by atomic mass is 16.6. The van der Waals surface area contributed by atoms with E-state index < -0.39 is 6.10 Å². The lowest BCUT2D eigenvalue weighted by atomic mass is 10.0. The van der Waals surface area contributed by atoms with E-state index in [2.05, 4.69) is 57.2 Å². The van der Waals surface area contributed by atoms with Gasteiger partial charge in [-0.3, -0.25) is 14.4 Å². The number of ether oxygens (including phenoxy) is 3. The zero-order valence-electron chi connectivity index (χ0n) is 55.5. The first-order chi connectivity index (χ1) is 40.5. The van der Waals surface area contributed by atoms with Gasteiger partial charge in [0.1, 0.15) is 13.2 Å². The van der Waals surface area contributed by atoms with Crippen LogP contribution in [-0.2, 0) is 28.6 Å². The van der Waals surface area contributed by atoms with E-state index >= 15 is 0 Å². The van der Waals surface area contributed by atoms with Crippen LogP contribution in [0.4, 0.5) is 0 Å². The second-order valence-corrected chi connectivity index (χ2v) is 25.2. The fourth-order valence-corrected chi connectivity index (χ4v) is 11.3. The lowest BCUT2D eigenvalue weighted by Gasteiger charge is -2.18. The third-order valence-corrected chi connectivity index (χ3v) is 16.9. The molecule has 0 aromatic rings. The van der Waals surface area contributed by atoms with Gasteiger partial charge >= 0.3 is 17.9 Å². The van der Waals surface area contributed by atoms with Crippen molar-refractivity contribution in [1.82, 2.24) is 0 Å². The van der Waals surface area contributed by atoms with Crippen LogP contribution < -0.4 is 0 Å². The summed E-state index contributed by atoms with van der Waals surface area (Å²) in [6, 6.07) is 0. The van der Waals surface area contributed by atoms with Crippen molar-refractivity contribution in [2.45, 2.75) is 419 Å². The Kier molecular flexibility index (Phi) is 69.1. The lowest BCUT2D eigenvalue weighted by Crippen LogP contribution is -2.30. The van der Waals surface area contributed by atoms with Gasteiger partial charge in [-0.15, -0.1) is 0 Å². The van der Waals surface area contributed by atoms with E-state index in [-0.39, 0.29) is 31.1 Å². The van der Waals surface area contributed by atoms with Crippen LogP contribution in [0.25, 0.3) is 0 Å². The largest absolute Gasteiger partial charge is 0.462 e. The zero-order valence-corrected chi connectivity index (χ0v) is 55.5. The SMILES string of the molecule is CCCCCCC/C=C\C/C=C\C/C=C\CCCCCCCCCCCCCCCCCCC(=O)OCC(COC(=O)CCCCCCCCCCCCCCCC)OC(=O)CCCCCCCCCCCCCCCCCCCCC. The summed E-state index contributed by atoms with van der Waals surface area (Å²) in [5.41, 5.74) is 0. The minimum absolute atomic E-state index is 0.0643. The van der Waals surface area contributed by atoms with E-state index in [0.29, 0.717) is 19.3 Å². The Hall–Kier alpha value is -2.37. The first-order valence-corrected chi connectivity index (χ1v) is 37.0. The van der Waals surface area contributed by atoms with E-state index in [1.165, 1.54) is 302 Å². The molecule has 6 heteroatoms. The molecule has 0 N–H and O–H groups in total. The highest BCUT2D eigenvalue weighted by Gasteiger charge is 2.20. The molecule has 82 heavy (non-hydrogen) atoms. The fraction of sp³-hybridized carbons (Fsp3) is 0.882. The van der Waals surface area contributed by atoms with Gasteiger partial charge in [-0.25, -0.2) is 0 Å². The quantitative estimate of drug-likeness (QED) is 0.0261. The summed E-state index contributed by atoms with van der Waals surface area (Å²) < 4.78 is 17.0. The molecule has 0 aliphatic rings. The van der Waals surface area contributed by atoms with Crippen LogP contribution in [0.3, 0.4) is 0 Å². The molecule has 0 bridgehead atoms. The number of unbranched alkanes of at least 4 members (excludes halogenated alkanes) is 52. The van der Waals surface area contributed by atoms with Crippen molar-refractivity contribution < 1.29 is 28.6 Å². The summed E-state index contributed by atoms with van der Waals surface area (Å²) in [6.45, 7) is 6.71. The number of hydrogen-bond donors (Lipinski definition) is 0. The van der Waals surface area contributed by atoms with Crippen LogP contribution in [0, 0.1) is 0 Å².